The summed E-state index contributed by atoms with van der Waals surface area (Å²) in [4.78, 5) is 57.6. The van der Waals surface area contributed by atoms with Crippen molar-refractivity contribution in [3.8, 4) is 0 Å². The number of Topliss-reactive ketones (excluding diaryl/α,β-unsaturated/α-hetero) is 2. The molecule has 0 aliphatic carbocycles. The van der Waals surface area contributed by atoms with E-state index in [1.807, 2.05) is 0 Å². The number of amides is 1. The summed E-state index contributed by atoms with van der Waals surface area (Å²) in [6.07, 6.45) is 5.82. The maximum absolute atomic E-state index is 14.7. The molecular weight excluding hydrogens is 451 g/mol. The van der Waals surface area contributed by atoms with Gasteiger partial charge in [0.1, 0.15) is 5.82 Å². The number of hydrogen-bond acceptors (Lipinski definition) is 8. The summed E-state index contributed by atoms with van der Waals surface area (Å²) < 4.78 is 14.7. The van der Waals surface area contributed by atoms with E-state index in [2.05, 4.69) is 19.9 Å². The van der Waals surface area contributed by atoms with Crippen LogP contribution < -0.4 is 5.73 Å². The molecule has 0 bridgehead atoms. The van der Waals surface area contributed by atoms with Crippen molar-refractivity contribution in [2.75, 3.05) is 13.1 Å². The number of nitrogens with zero attached hydrogens (tertiary/aromatic N) is 5. The van der Waals surface area contributed by atoms with E-state index in [1.165, 1.54) is 30.9 Å². The topological polar surface area (TPSA) is 132 Å². The van der Waals surface area contributed by atoms with Gasteiger partial charge in [-0.3, -0.25) is 19.3 Å². The van der Waals surface area contributed by atoms with Gasteiger partial charge in [0.15, 0.2) is 11.6 Å². The number of nitrogens with two attached hydrogens (primary N) is 1. The monoisotopic (exact) mass is 476 g/mol. The van der Waals surface area contributed by atoms with Gasteiger partial charge >= 0.3 is 0 Å². The first-order valence-electron chi connectivity index (χ1n) is 11.2. The maximum Gasteiger partial charge on any atom is 0.234 e. The third kappa shape index (κ3) is 4.83. The molecule has 3 atom stereocenters. The largest absolute Gasteiger partial charge is 0.368 e. The molecule has 1 aliphatic rings. The molecule has 2 N–H and O–H groups in total. The van der Waals surface area contributed by atoms with Crippen LogP contribution in [0, 0.1) is 24.6 Å². The average Bonchev–Trinajstić information content (AvgIpc) is 2.89. The second-order valence-electron chi connectivity index (χ2n) is 8.60. The molecule has 1 fully saturated rings. The number of rotatable bonds is 7. The first-order chi connectivity index (χ1) is 16.8. The van der Waals surface area contributed by atoms with E-state index in [0.717, 1.165) is 0 Å². The Labute approximate surface area is 201 Å². The molecule has 0 radical (unpaired) electrons. The fraction of sp³-hybridized carbons (Fsp3) is 0.320. The highest BCUT2D eigenvalue weighted by atomic mass is 19.1. The number of ketones is 2. The van der Waals surface area contributed by atoms with Crippen LogP contribution in [0.15, 0.2) is 55.1 Å². The van der Waals surface area contributed by atoms with Gasteiger partial charge in [-0.15, -0.1) is 0 Å². The number of halogens is 1. The van der Waals surface area contributed by atoms with Crippen molar-refractivity contribution in [3.05, 3.63) is 83.7 Å². The number of carbonyl (C=O) groups is 3. The first kappa shape index (κ1) is 24.2. The summed E-state index contributed by atoms with van der Waals surface area (Å²) in [6, 6.07) is 7.03. The van der Waals surface area contributed by atoms with Gasteiger partial charge in [0.2, 0.25) is 17.5 Å². The third-order valence-electron chi connectivity index (χ3n) is 6.60. The van der Waals surface area contributed by atoms with Crippen LogP contribution in [0.1, 0.15) is 45.2 Å². The minimum absolute atomic E-state index is 0.0210. The van der Waals surface area contributed by atoms with Crippen molar-refractivity contribution in [2.45, 2.75) is 25.8 Å². The summed E-state index contributed by atoms with van der Waals surface area (Å²) in [5, 5.41) is 0. The molecule has 3 aromatic rings. The lowest BCUT2D eigenvalue weighted by molar-refractivity contribution is -0.123. The lowest BCUT2D eigenvalue weighted by Crippen LogP contribution is -2.56. The van der Waals surface area contributed by atoms with E-state index < -0.39 is 47.1 Å². The van der Waals surface area contributed by atoms with Gasteiger partial charge in [0, 0.05) is 55.6 Å². The summed E-state index contributed by atoms with van der Waals surface area (Å²) in [5.74, 6) is -4.33. The van der Waals surface area contributed by atoms with Crippen molar-refractivity contribution in [3.63, 3.8) is 0 Å². The summed E-state index contributed by atoms with van der Waals surface area (Å²) in [7, 11) is 0. The van der Waals surface area contributed by atoms with Crippen LogP contribution in [0.25, 0.3) is 0 Å². The van der Waals surface area contributed by atoms with Crippen molar-refractivity contribution < 1.29 is 18.8 Å². The third-order valence-corrected chi connectivity index (χ3v) is 6.60. The number of primary amides is 1. The molecule has 9 nitrogen and oxygen atoms in total. The number of benzene rings is 1. The number of hydrogen-bond donors (Lipinski definition) is 1. The minimum Gasteiger partial charge on any atom is -0.368 e. The zero-order valence-electron chi connectivity index (χ0n) is 19.3. The van der Waals surface area contributed by atoms with E-state index >= 15 is 0 Å². The molecule has 0 saturated carbocycles. The molecule has 10 heteroatoms. The van der Waals surface area contributed by atoms with Gasteiger partial charge < -0.3 is 5.73 Å². The predicted octanol–water partition coefficient (Wildman–Crippen LogP) is 1.99. The highest BCUT2D eigenvalue weighted by Crippen LogP contribution is 2.42. The zero-order valence-corrected chi connectivity index (χ0v) is 19.3. The Morgan fingerprint density at radius 2 is 1.40 bits per heavy atom. The molecule has 1 aliphatic heterocycles. The Morgan fingerprint density at radius 3 is 1.86 bits per heavy atom. The molecule has 35 heavy (non-hydrogen) atoms. The Bertz CT molecular complexity index is 1180. The lowest BCUT2D eigenvalue weighted by Gasteiger charge is -2.44. The molecule has 2 aromatic heterocycles. The van der Waals surface area contributed by atoms with Crippen LogP contribution in [0.3, 0.4) is 0 Å². The fourth-order valence-electron chi connectivity index (χ4n) is 4.68. The molecule has 4 rings (SSSR count). The second-order valence-corrected chi connectivity index (χ2v) is 8.60. The normalized spacial score (nSPS) is 21.3. The molecule has 1 saturated heterocycles. The average molecular weight is 477 g/mol. The van der Waals surface area contributed by atoms with Crippen LogP contribution in [-0.4, -0.2) is 61.4 Å². The molecule has 180 valence electrons. The van der Waals surface area contributed by atoms with Gasteiger partial charge in [-0.2, -0.15) is 0 Å². The van der Waals surface area contributed by atoms with Gasteiger partial charge in [-0.05, 0) is 43.2 Å². The van der Waals surface area contributed by atoms with Crippen LogP contribution >= 0.6 is 0 Å². The number of likely N-dealkylation sites (tertiary alicyclic amines) is 1. The summed E-state index contributed by atoms with van der Waals surface area (Å²) >= 11 is 0. The van der Waals surface area contributed by atoms with Gasteiger partial charge in [-0.1, -0.05) is 12.1 Å². The lowest BCUT2D eigenvalue weighted by atomic mass is 9.68. The standard InChI is InChI=1S/C25H25FN6O3/c1-14-16(6-3-7-19(14)26)20-17(21(33)24-28-8-4-9-29-24)12-32(15(2)23(27)35)13-18(20)22(34)25-30-10-5-11-31-25/h3-11,15,17-18,20H,12-13H2,1-2H3,(H2,27,35). The maximum atomic E-state index is 14.7. The highest BCUT2D eigenvalue weighted by Gasteiger charge is 2.48. The van der Waals surface area contributed by atoms with Crippen LogP contribution in [0.4, 0.5) is 4.39 Å². The van der Waals surface area contributed by atoms with Crippen molar-refractivity contribution >= 4 is 17.5 Å². The van der Waals surface area contributed by atoms with Gasteiger partial charge in [-0.25, -0.2) is 24.3 Å². The van der Waals surface area contributed by atoms with Crippen LogP contribution in [-0.2, 0) is 4.79 Å². The molecule has 3 unspecified atom stereocenters. The highest BCUT2D eigenvalue weighted by molar-refractivity contribution is 5.99. The summed E-state index contributed by atoms with van der Waals surface area (Å²) in [6.45, 7) is 3.46. The quantitative estimate of drug-likeness (QED) is 0.512. The fourth-order valence-corrected chi connectivity index (χ4v) is 4.68. The molecule has 1 aromatic carbocycles. The van der Waals surface area contributed by atoms with Crippen molar-refractivity contribution in [1.29, 1.82) is 0 Å². The summed E-state index contributed by atoms with van der Waals surface area (Å²) in [5.41, 5.74) is 6.44. The predicted molar refractivity (Wildman–Crippen MR) is 124 cm³/mol. The van der Waals surface area contributed by atoms with E-state index in [4.69, 9.17) is 5.73 Å². The number of piperidine rings is 1. The van der Waals surface area contributed by atoms with E-state index in [-0.39, 0.29) is 24.7 Å². The SMILES string of the molecule is Cc1c(F)cccc1C1C(C(=O)c2ncccn2)CN(C(C)C(N)=O)CC1C(=O)c1ncccn1. The Kier molecular flexibility index (Phi) is 7.02. The number of aromatic nitrogens is 4. The van der Waals surface area contributed by atoms with Gasteiger partial charge in [0.05, 0.1) is 6.04 Å². The molecule has 0 spiro atoms. The Hall–Kier alpha value is -3.92. The van der Waals surface area contributed by atoms with Crippen molar-refractivity contribution in [1.82, 2.24) is 24.8 Å². The second kappa shape index (κ2) is 10.1. The van der Waals surface area contributed by atoms with Crippen LogP contribution in [0.5, 0.6) is 0 Å². The molecule has 1 amide bonds. The Balaban J connectivity index is 1.88. The van der Waals surface area contributed by atoms with E-state index in [9.17, 15) is 18.8 Å². The van der Waals surface area contributed by atoms with Crippen LogP contribution in [0.2, 0.25) is 0 Å². The zero-order chi connectivity index (χ0) is 25.1. The smallest absolute Gasteiger partial charge is 0.234 e. The number of carbonyl (C=O) groups excluding carboxylic acids is 3. The van der Waals surface area contributed by atoms with E-state index in [0.29, 0.717) is 11.1 Å². The van der Waals surface area contributed by atoms with E-state index in [1.54, 1.807) is 43.0 Å². The van der Waals surface area contributed by atoms with Crippen molar-refractivity contribution in [2.24, 2.45) is 17.6 Å². The Morgan fingerprint density at radius 1 is 0.914 bits per heavy atom. The molecule has 3 heterocycles. The minimum atomic E-state index is -0.855. The van der Waals surface area contributed by atoms with Gasteiger partial charge in [0.25, 0.3) is 0 Å². The first-order valence-corrected chi connectivity index (χ1v) is 11.2. The molecular formula is C25H25FN6O3.